The van der Waals surface area contributed by atoms with Gasteiger partial charge in [0.25, 0.3) is 0 Å². The van der Waals surface area contributed by atoms with E-state index in [0.717, 1.165) is 5.56 Å². The molecule has 0 aromatic heterocycles. The summed E-state index contributed by atoms with van der Waals surface area (Å²) in [5, 5.41) is 5.19. The monoisotopic (exact) mass is 442 g/mol. The first-order valence-electron chi connectivity index (χ1n) is 9.97. The van der Waals surface area contributed by atoms with Gasteiger partial charge in [-0.25, -0.2) is 9.59 Å². The summed E-state index contributed by atoms with van der Waals surface area (Å²) in [4.78, 5) is 24.5. The van der Waals surface area contributed by atoms with Crippen molar-refractivity contribution in [2.24, 2.45) is 0 Å². The van der Waals surface area contributed by atoms with Crippen molar-refractivity contribution in [3.8, 4) is 0 Å². The molecule has 1 aromatic carbocycles. The van der Waals surface area contributed by atoms with Crippen LogP contribution in [0.2, 0.25) is 0 Å². The molecule has 2 amide bonds. The minimum Gasteiger partial charge on any atom is -0.444 e. The third-order valence-corrected chi connectivity index (χ3v) is 6.18. The fourth-order valence-corrected chi connectivity index (χ4v) is 4.59. The Morgan fingerprint density at radius 1 is 0.967 bits per heavy atom. The average molecular weight is 442 g/mol. The summed E-state index contributed by atoms with van der Waals surface area (Å²) in [5.41, 5.74) is -0.556. The Hall–Kier alpha value is -2.05. The first-order valence-corrected chi connectivity index (χ1v) is 11.9. The van der Waals surface area contributed by atoms with Gasteiger partial charge < -0.3 is 24.6 Å². The van der Waals surface area contributed by atoms with Gasteiger partial charge in [-0.1, -0.05) is 30.3 Å². The van der Waals surface area contributed by atoms with E-state index < -0.39 is 36.5 Å². The number of hydrogen-bond acceptors (Lipinski definition) is 6. The lowest BCUT2D eigenvalue weighted by Crippen LogP contribution is -2.43. The van der Waals surface area contributed by atoms with Gasteiger partial charge in [0.2, 0.25) is 7.37 Å². The second kappa shape index (κ2) is 10.8. The highest BCUT2D eigenvalue weighted by atomic mass is 31.2. The van der Waals surface area contributed by atoms with Gasteiger partial charge in [-0.05, 0) is 54.0 Å². The molecular formula is C21H35N2O6P. The normalized spacial score (nSPS) is 14.9. The molecule has 0 radical (unpaired) electrons. The minimum atomic E-state index is -3.56. The van der Waals surface area contributed by atoms with E-state index >= 15 is 0 Å². The lowest BCUT2D eigenvalue weighted by atomic mass is 10.1. The quantitative estimate of drug-likeness (QED) is 0.557. The van der Waals surface area contributed by atoms with Crippen LogP contribution < -0.4 is 10.6 Å². The van der Waals surface area contributed by atoms with E-state index in [-0.39, 0.29) is 19.3 Å². The highest BCUT2D eigenvalue weighted by Crippen LogP contribution is 2.51. The maximum atomic E-state index is 13.7. The molecule has 0 aliphatic heterocycles. The van der Waals surface area contributed by atoms with Crippen LogP contribution in [0.15, 0.2) is 30.3 Å². The van der Waals surface area contributed by atoms with Crippen molar-refractivity contribution in [1.29, 1.82) is 0 Å². The van der Waals surface area contributed by atoms with Crippen LogP contribution in [0.1, 0.15) is 54.0 Å². The van der Waals surface area contributed by atoms with Crippen molar-refractivity contribution in [2.45, 2.75) is 71.9 Å². The molecule has 2 atom stereocenters. The zero-order valence-corrected chi connectivity index (χ0v) is 19.9. The van der Waals surface area contributed by atoms with E-state index in [2.05, 4.69) is 10.6 Å². The third-order valence-electron chi connectivity index (χ3n) is 3.62. The Balaban J connectivity index is 3.07. The van der Waals surface area contributed by atoms with Crippen LogP contribution in [0.3, 0.4) is 0 Å². The highest BCUT2D eigenvalue weighted by Gasteiger charge is 2.37. The molecule has 0 saturated heterocycles. The maximum absolute atomic E-state index is 13.7. The van der Waals surface area contributed by atoms with Crippen molar-refractivity contribution in [3.63, 3.8) is 0 Å². The van der Waals surface area contributed by atoms with E-state index in [1.165, 1.54) is 0 Å². The molecule has 8 nitrogen and oxygen atoms in total. The first kappa shape index (κ1) is 26.0. The molecule has 0 saturated carbocycles. The van der Waals surface area contributed by atoms with Crippen LogP contribution in [0.4, 0.5) is 9.59 Å². The van der Waals surface area contributed by atoms with E-state index in [4.69, 9.17) is 14.0 Å². The summed E-state index contributed by atoms with van der Waals surface area (Å²) in [6, 6.07) is 9.30. The zero-order chi connectivity index (χ0) is 23.0. The number of rotatable bonds is 8. The van der Waals surface area contributed by atoms with Gasteiger partial charge in [0, 0.05) is 6.42 Å². The molecule has 0 aliphatic rings. The molecule has 0 spiro atoms. The van der Waals surface area contributed by atoms with Crippen molar-refractivity contribution in [1.82, 2.24) is 10.6 Å². The Morgan fingerprint density at radius 3 is 2.00 bits per heavy atom. The van der Waals surface area contributed by atoms with Crippen molar-refractivity contribution in [2.75, 3.05) is 12.9 Å². The molecule has 170 valence electrons. The molecular weight excluding hydrogens is 407 g/mol. The largest absolute Gasteiger partial charge is 0.444 e. The number of hydrogen-bond donors (Lipinski definition) is 2. The van der Waals surface area contributed by atoms with Gasteiger partial charge in [-0.15, -0.1) is 0 Å². The lowest BCUT2D eigenvalue weighted by Gasteiger charge is -2.30. The van der Waals surface area contributed by atoms with Crippen molar-refractivity contribution < 1.29 is 28.2 Å². The molecule has 0 heterocycles. The van der Waals surface area contributed by atoms with Gasteiger partial charge in [0.15, 0.2) is 0 Å². The SMILES string of the molecule is CCOP(=O)(CNC(=O)OC(C)(C)C)C(Cc1ccccc1)NC(=O)OC(C)(C)C. The van der Waals surface area contributed by atoms with Crippen LogP contribution in [0, 0.1) is 0 Å². The maximum Gasteiger partial charge on any atom is 0.408 e. The fourth-order valence-electron chi connectivity index (χ4n) is 2.52. The molecule has 0 bridgehead atoms. The zero-order valence-electron chi connectivity index (χ0n) is 19.0. The summed E-state index contributed by atoms with van der Waals surface area (Å²) in [7, 11) is -3.56. The average Bonchev–Trinajstić information content (AvgIpc) is 2.57. The standard InChI is InChI=1S/C21H35N2O6P/c1-8-27-30(26,15-22-18(24)28-20(2,3)4)17(14-16-12-10-9-11-13-16)23-19(25)29-21(5,6)7/h9-13,17H,8,14-15H2,1-7H3,(H,22,24)(H,23,25). The molecule has 0 aliphatic carbocycles. The molecule has 2 unspecified atom stereocenters. The van der Waals surface area contributed by atoms with Crippen molar-refractivity contribution >= 4 is 19.6 Å². The Bertz CT molecular complexity index is 740. The number of nitrogens with one attached hydrogen (secondary N) is 2. The number of ether oxygens (including phenoxy) is 2. The molecule has 9 heteroatoms. The minimum absolute atomic E-state index is 0.147. The second-order valence-electron chi connectivity index (χ2n) is 8.83. The predicted molar refractivity (Wildman–Crippen MR) is 117 cm³/mol. The van der Waals surface area contributed by atoms with Crippen LogP contribution >= 0.6 is 7.37 Å². The molecule has 30 heavy (non-hydrogen) atoms. The summed E-state index contributed by atoms with van der Waals surface area (Å²) < 4.78 is 29.9. The molecule has 1 aromatic rings. The van der Waals surface area contributed by atoms with Gasteiger partial charge >= 0.3 is 12.2 Å². The summed E-state index contributed by atoms with van der Waals surface area (Å²) in [5.74, 6) is -0.898. The predicted octanol–water partition coefficient (Wildman–Crippen LogP) is 4.88. The Labute approximate surface area is 179 Å². The fraction of sp³-hybridized carbons (Fsp3) is 0.619. The van der Waals surface area contributed by atoms with Crippen LogP contribution in [0.25, 0.3) is 0 Å². The number of carbonyl (C=O) groups is 2. The highest BCUT2D eigenvalue weighted by molar-refractivity contribution is 7.59. The van der Waals surface area contributed by atoms with E-state index in [9.17, 15) is 14.2 Å². The number of carbonyl (C=O) groups excluding carboxylic acids is 2. The first-order chi connectivity index (χ1) is 13.7. The van der Waals surface area contributed by atoms with Gasteiger partial charge in [0.05, 0.1) is 12.9 Å². The molecule has 0 fully saturated rings. The summed E-state index contributed by atoms with van der Waals surface area (Å²) >= 11 is 0. The number of amides is 2. The molecule has 2 N–H and O–H groups in total. The number of alkyl carbamates (subject to hydrolysis) is 2. The topological polar surface area (TPSA) is 103 Å². The Kier molecular flexibility index (Phi) is 9.37. The van der Waals surface area contributed by atoms with E-state index in [0.29, 0.717) is 0 Å². The summed E-state index contributed by atoms with van der Waals surface area (Å²) in [6.45, 7) is 12.3. The Morgan fingerprint density at radius 2 is 1.50 bits per heavy atom. The van der Waals surface area contributed by atoms with Gasteiger partial charge in [0.1, 0.15) is 17.0 Å². The lowest BCUT2D eigenvalue weighted by molar-refractivity contribution is 0.0516. The third kappa shape index (κ3) is 10.1. The van der Waals surface area contributed by atoms with E-state index in [1.807, 2.05) is 30.3 Å². The summed E-state index contributed by atoms with van der Waals surface area (Å²) in [6.07, 6.45) is -1.46. The van der Waals surface area contributed by atoms with Gasteiger partial charge in [-0.2, -0.15) is 0 Å². The second-order valence-corrected chi connectivity index (χ2v) is 11.5. The van der Waals surface area contributed by atoms with Crippen LogP contribution in [-0.2, 0) is 25.0 Å². The number of benzene rings is 1. The van der Waals surface area contributed by atoms with E-state index in [1.54, 1.807) is 48.5 Å². The van der Waals surface area contributed by atoms with Gasteiger partial charge in [-0.3, -0.25) is 4.57 Å². The smallest absolute Gasteiger partial charge is 0.408 e. The van der Waals surface area contributed by atoms with Crippen molar-refractivity contribution in [3.05, 3.63) is 35.9 Å². The molecule has 1 rings (SSSR count). The van der Waals surface area contributed by atoms with Crippen LogP contribution in [0.5, 0.6) is 0 Å². The van der Waals surface area contributed by atoms with Crippen LogP contribution in [-0.4, -0.2) is 42.1 Å².